The zero-order valence-electron chi connectivity index (χ0n) is 31.5. The second kappa shape index (κ2) is 20.2. The molecule has 0 saturated carbocycles. The summed E-state index contributed by atoms with van der Waals surface area (Å²) in [5, 5.41) is 43.7. The van der Waals surface area contributed by atoms with E-state index in [2.05, 4.69) is 31.6 Å². The molecule has 0 bridgehead atoms. The van der Waals surface area contributed by atoms with Gasteiger partial charge in [0.05, 0.1) is 18.2 Å². The number of carboxylic acids is 1. The van der Waals surface area contributed by atoms with Gasteiger partial charge in [0, 0.05) is 19.6 Å². The van der Waals surface area contributed by atoms with Crippen LogP contribution in [0.5, 0.6) is 0 Å². The van der Waals surface area contributed by atoms with Crippen molar-refractivity contribution in [2.24, 2.45) is 22.4 Å². The molecule has 9 unspecified atom stereocenters. The Morgan fingerprint density at radius 2 is 1.30 bits per heavy atom. The fourth-order valence-electron chi connectivity index (χ4n) is 6.97. The summed E-state index contributed by atoms with van der Waals surface area (Å²) in [6.45, 7) is 7.27. The van der Waals surface area contributed by atoms with Gasteiger partial charge in [0.2, 0.25) is 35.4 Å². The van der Waals surface area contributed by atoms with Crippen LogP contribution in [0, 0.1) is 5.92 Å². The minimum atomic E-state index is -1.56. The Labute approximate surface area is 314 Å². The summed E-state index contributed by atoms with van der Waals surface area (Å²) in [7, 11) is 0. The second-order valence-electron chi connectivity index (χ2n) is 14.6. The molecule has 6 amide bonds. The van der Waals surface area contributed by atoms with Crippen molar-refractivity contribution in [2.75, 3.05) is 26.2 Å². The number of nitrogens with zero attached hydrogens (tertiary/aromatic N) is 3. The molecule has 3 saturated heterocycles. The maximum atomic E-state index is 14.0. The number of amides is 6. The van der Waals surface area contributed by atoms with Crippen LogP contribution in [-0.4, -0.2) is 153 Å². The number of carbonyl (C=O) groups excluding carboxylic acids is 6. The fourth-order valence-corrected chi connectivity index (χ4v) is 6.97. The second-order valence-corrected chi connectivity index (χ2v) is 14.6. The van der Waals surface area contributed by atoms with E-state index in [-0.39, 0.29) is 50.3 Å². The molecule has 0 spiro atoms. The van der Waals surface area contributed by atoms with Crippen LogP contribution in [0.3, 0.4) is 0 Å². The molecule has 3 aliphatic heterocycles. The smallest absolute Gasteiger partial charge is 0.326 e. The van der Waals surface area contributed by atoms with Gasteiger partial charge in [-0.25, -0.2) is 4.79 Å². The van der Waals surface area contributed by atoms with E-state index in [4.69, 9.17) is 11.5 Å². The molecule has 3 heterocycles. The van der Waals surface area contributed by atoms with Gasteiger partial charge in [-0.1, -0.05) is 13.8 Å². The highest BCUT2D eigenvalue weighted by Crippen LogP contribution is 2.23. The summed E-state index contributed by atoms with van der Waals surface area (Å²) in [6.07, 6.45) is 0.482. The van der Waals surface area contributed by atoms with Gasteiger partial charge >= 0.3 is 5.97 Å². The van der Waals surface area contributed by atoms with E-state index in [1.807, 2.05) is 0 Å². The van der Waals surface area contributed by atoms with Gasteiger partial charge in [0.1, 0.15) is 36.3 Å². The van der Waals surface area contributed by atoms with E-state index >= 15 is 0 Å². The van der Waals surface area contributed by atoms with E-state index in [1.165, 1.54) is 23.6 Å². The monoisotopic (exact) mass is 766 g/mol. The number of hydrogen-bond donors (Lipinski definition) is 10. The Hall–Kier alpha value is -4.56. The summed E-state index contributed by atoms with van der Waals surface area (Å²) in [4.78, 5) is 99.0. The van der Waals surface area contributed by atoms with Crippen molar-refractivity contribution in [3.63, 3.8) is 0 Å². The first-order valence-corrected chi connectivity index (χ1v) is 18.6. The molecular weight excluding hydrogens is 708 g/mol. The fraction of sp³-hybridized carbons (Fsp3) is 0.765. The van der Waals surface area contributed by atoms with Crippen LogP contribution < -0.4 is 38.1 Å². The number of rotatable bonds is 18. The third-order valence-electron chi connectivity index (χ3n) is 9.95. The summed E-state index contributed by atoms with van der Waals surface area (Å²) < 4.78 is 0. The maximum Gasteiger partial charge on any atom is 0.326 e. The van der Waals surface area contributed by atoms with Gasteiger partial charge in [-0.05, 0) is 77.7 Å². The highest BCUT2D eigenvalue weighted by Gasteiger charge is 2.43. The minimum absolute atomic E-state index is 0.0397. The Bertz CT molecular complexity index is 1400. The number of carbonyl (C=O) groups is 7. The Balaban J connectivity index is 1.67. The molecule has 304 valence electrons. The quantitative estimate of drug-likeness (QED) is 0.0364. The lowest BCUT2D eigenvalue weighted by Crippen LogP contribution is -2.62. The number of nitrogens with one attached hydrogen (secondary N) is 5. The number of hydrogen-bond acceptors (Lipinski definition) is 11. The van der Waals surface area contributed by atoms with Gasteiger partial charge in [-0.15, -0.1) is 0 Å². The van der Waals surface area contributed by atoms with Crippen LogP contribution in [0.25, 0.3) is 0 Å². The van der Waals surface area contributed by atoms with Crippen molar-refractivity contribution >= 4 is 47.4 Å². The topological polar surface area (TPSA) is 311 Å². The van der Waals surface area contributed by atoms with E-state index < -0.39 is 89.9 Å². The summed E-state index contributed by atoms with van der Waals surface area (Å²) in [5.41, 5.74) is 10.6. The summed E-state index contributed by atoms with van der Waals surface area (Å²) in [5.74, 6) is -5.98. The predicted octanol–water partition coefficient (Wildman–Crippen LogP) is -3.78. The molecule has 0 aromatic rings. The van der Waals surface area contributed by atoms with Crippen LogP contribution in [0.4, 0.5) is 0 Å². The van der Waals surface area contributed by atoms with Gasteiger partial charge in [0.15, 0.2) is 5.96 Å². The largest absolute Gasteiger partial charge is 0.480 e. The lowest BCUT2D eigenvalue weighted by Gasteiger charge is -2.33. The molecule has 9 atom stereocenters. The van der Waals surface area contributed by atoms with Crippen molar-refractivity contribution in [3.8, 4) is 0 Å². The van der Waals surface area contributed by atoms with Gasteiger partial charge < -0.3 is 63.2 Å². The molecule has 54 heavy (non-hydrogen) atoms. The van der Waals surface area contributed by atoms with E-state index in [0.717, 1.165) is 6.42 Å². The summed E-state index contributed by atoms with van der Waals surface area (Å²) >= 11 is 0. The maximum absolute atomic E-state index is 14.0. The molecule has 0 aromatic heterocycles. The van der Waals surface area contributed by atoms with Gasteiger partial charge in [0.25, 0.3) is 0 Å². The first-order chi connectivity index (χ1) is 25.4. The third kappa shape index (κ3) is 11.7. The van der Waals surface area contributed by atoms with Crippen molar-refractivity contribution < 1.29 is 48.9 Å². The van der Waals surface area contributed by atoms with Crippen molar-refractivity contribution in [1.82, 2.24) is 36.4 Å². The minimum Gasteiger partial charge on any atom is -0.480 e. The van der Waals surface area contributed by atoms with Gasteiger partial charge in [-0.3, -0.25) is 33.8 Å². The molecule has 12 N–H and O–H groups in total. The molecule has 3 aliphatic rings. The summed E-state index contributed by atoms with van der Waals surface area (Å²) in [6, 6.07) is -7.86. The number of guanidine groups is 1. The van der Waals surface area contributed by atoms with E-state index in [0.29, 0.717) is 38.8 Å². The third-order valence-corrected chi connectivity index (χ3v) is 9.95. The number of aliphatic carboxylic acids is 1. The Kier molecular flexibility index (Phi) is 16.4. The molecule has 20 heteroatoms. The van der Waals surface area contributed by atoms with Crippen LogP contribution >= 0.6 is 0 Å². The van der Waals surface area contributed by atoms with Crippen LogP contribution in [0.2, 0.25) is 0 Å². The molecule has 0 radical (unpaired) electrons. The highest BCUT2D eigenvalue weighted by molar-refractivity contribution is 5.97. The molecule has 3 fully saturated rings. The van der Waals surface area contributed by atoms with Crippen molar-refractivity contribution in [1.29, 1.82) is 0 Å². The zero-order chi connectivity index (χ0) is 40.3. The average Bonchev–Trinajstić information content (AvgIpc) is 3.91. The first kappa shape index (κ1) is 43.8. The van der Waals surface area contributed by atoms with Crippen LogP contribution in [0.15, 0.2) is 4.99 Å². The zero-order valence-corrected chi connectivity index (χ0v) is 31.5. The van der Waals surface area contributed by atoms with E-state index in [1.54, 1.807) is 13.8 Å². The van der Waals surface area contributed by atoms with Crippen molar-refractivity contribution in [3.05, 3.63) is 0 Å². The highest BCUT2D eigenvalue weighted by atomic mass is 16.4. The van der Waals surface area contributed by atoms with Crippen LogP contribution in [-0.2, 0) is 33.6 Å². The number of aliphatic imine (C=N–C) groups is 1. The average molecular weight is 767 g/mol. The lowest BCUT2D eigenvalue weighted by molar-refractivity contribution is -0.145. The number of likely N-dealkylation sites (tertiary alicyclic amines) is 2. The number of aliphatic hydroxyl groups is 2. The van der Waals surface area contributed by atoms with Crippen molar-refractivity contribution in [2.45, 2.75) is 134 Å². The van der Waals surface area contributed by atoms with E-state index in [9.17, 15) is 48.9 Å². The molecule has 20 nitrogen and oxygen atoms in total. The number of carboxylic acid groups (broad SMARTS) is 1. The molecule has 3 rings (SSSR count). The molecule has 0 aromatic carbocycles. The Morgan fingerprint density at radius 3 is 1.78 bits per heavy atom. The number of aliphatic hydroxyl groups excluding tert-OH is 2. The van der Waals surface area contributed by atoms with Crippen LogP contribution in [0.1, 0.15) is 79.1 Å². The normalized spacial score (nSPS) is 23.1. The standard InChI is InChI=1S/C34H58N10O10/c1-17(2)24(40-30(50)26(19(4)46)42-27(47)22-11-7-15-43(22)31(51)20-9-5-13-37-20)32(52)44-16-8-12-23(44)28(48)41-25(18(3)45)29(49)39-21(33(53)54)10-6-14-38-34(35)36/h17-26,37,45-46H,5-16H2,1-4H3,(H,39,49)(H,40,50)(H,41,48)(H,42,47)(H,53,54)(H4,35,36,38). The molecular formula is C34H58N10O10. The first-order valence-electron chi connectivity index (χ1n) is 18.6. The SMILES string of the molecule is CC(C)C(NC(=O)C(NC(=O)C1CCCN1C(=O)C1CCCN1)C(C)O)C(=O)N1CCCC1C(=O)NC(C(=O)NC(CCCN=C(N)N)C(=O)O)C(C)O. The lowest BCUT2D eigenvalue weighted by atomic mass is 10.0. The number of nitrogens with two attached hydrogens (primary N) is 2. The van der Waals surface area contributed by atoms with Gasteiger partial charge in [-0.2, -0.15) is 0 Å². The molecule has 0 aliphatic carbocycles. The predicted molar refractivity (Wildman–Crippen MR) is 194 cm³/mol. The Morgan fingerprint density at radius 1 is 0.759 bits per heavy atom.